The molecule has 2 aromatic carbocycles. The van der Waals surface area contributed by atoms with Crippen molar-refractivity contribution in [3.63, 3.8) is 0 Å². The van der Waals surface area contributed by atoms with Gasteiger partial charge in [-0.15, -0.1) is 0 Å². The maximum absolute atomic E-state index is 12.1. The largest absolute Gasteiger partial charge is 0.479 e. The number of aliphatic carboxylic acids is 1. The van der Waals surface area contributed by atoms with Gasteiger partial charge in [-0.1, -0.05) is 48.0 Å². The normalized spacial score (nSPS) is 13.4. The van der Waals surface area contributed by atoms with Gasteiger partial charge in [0.25, 0.3) is 0 Å². The third kappa shape index (κ3) is 7.75. The molecule has 0 saturated heterocycles. The van der Waals surface area contributed by atoms with Crippen molar-refractivity contribution < 1.29 is 24.5 Å². The van der Waals surface area contributed by atoms with Gasteiger partial charge in [0, 0.05) is 17.5 Å². The average Bonchev–Trinajstić information content (AvgIpc) is 2.60. The molecule has 1 unspecified atom stereocenters. The van der Waals surface area contributed by atoms with Crippen LogP contribution < -0.4 is 5.32 Å². The first kappa shape index (κ1) is 22.7. The molecule has 2 atom stereocenters. The molecule has 0 fully saturated rings. The molecule has 7 heteroatoms. The van der Waals surface area contributed by atoms with Gasteiger partial charge in [0.2, 0.25) is 0 Å². The fourth-order valence-electron chi connectivity index (χ4n) is 2.82. The molecule has 6 nitrogen and oxygen atoms in total. The van der Waals surface area contributed by atoms with Gasteiger partial charge in [-0.25, -0.2) is 9.59 Å². The number of carbonyl (C=O) groups is 2. The number of rotatable bonds is 7. The molecule has 0 aliphatic heterocycles. The second kappa shape index (κ2) is 9.76. The van der Waals surface area contributed by atoms with Crippen LogP contribution in [-0.4, -0.2) is 40.0 Å². The number of carboxylic acids is 1. The summed E-state index contributed by atoms with van der Waals surface area (Å²) in [5.41, 5.74) is 2.17. The fourth-order valence-corrected chi connectivity index (χ4v) is 3.01. The van der Waals surface area contributed by atoms with Gasteiger partial charge in [-0.3, -0.25) is 0 Å². The van der Waals surface area contributed by atoms with Crippen molar-refractivity contribution in [2.45, 2.75) is 51.4 Å². The van der Waals surface area contributed by atoms with Crippen molar-refractivity contribution in [3.05, 3.63) is 59.1 Å². The van der Waals surface area contributed by atoms with Crippen LogP contribution >= 0.6 is 11.6 Å². The van der Waals surface area contributed by atoms with E-state index in [0.717, 1.165) is 16.7 Å². The molecule has 1 amide bonds. The maximum Gasteiger partial charge on any atom is 0.407 e. The van der Waals surface area contributed by atoms with Crippen molar-refractivity contribution in [2.75, 3.05) is 0 Å². The Kier molecular flexibility index (Phi) is 7.65. The number of carboxylic acid groups (broad SMARTS) is 1. The highest BCUT2D eigenvalue weighted by Gasteiger charge is 2.24. The molecule has 3 N–H and O–H groups in total. The van der Waals surface area contributed by atoms with Crippen LogP contribution in [-0.2, 0) is 16.0 Å². The summed E-state index contributed by atoms with van der Waals surface area (Å²) in [7, 11) is 0. The number of hydrogen-bond acceptors (Lipinski definition) is 4. The summed E-state index contributed by atoms with van der Waals surface area (Å²) in [6.07, 6.45) is -2.03. The summed E-state index contributed by atoms with van der Waals surface area (Å²) in [5, 5.41) is 22.0. The predicted octanol–water partition coefficient (Wildman–Crippen LogP) is 4.28. The number of aliphatic hydroxyl groups is 1. The number of nitrogens with one attached hydrogen (secondary N) is 1. The zero-order chi connectivity index (χ0) is 21.6. The molecule has 0 heterocycles. The molecule has 0 bridgehead atoms. The Balaban J connectivity index is 2.12. The number of ether oxygens (including phenoxy) is 1. The van der Waals surface area contributed by atoms with E-state index >= 15 is 0 Å². The third-order valence-electron chi connectivity index (χ3n) is 4.11. The zero-order valence-corrected chi connectivity index (χ0v) is 17.4. The molecule has 156 valence electrons. The van der Waals surface area contributed by atoms with E-state index in [1.54, 1.807) is 26.8 Å². The summed E-state index contributed by atoms with van der Waals surface area (Å²) >= 11 is 6.04. The summed E-state index contributed by atoms with van der Waals surface area (Å²) < 4.78 is 5.24. The minimum atomic E-state index is -1.58. The molecular weight excluding hydrogens is 394 g/mol. The Morgan fingerprint density at radius 3 is 2.31 bits per heavy atom. The van der Waals surface area contributed by atoms with Crippen LogP contribution in [0.5, 0.6) is 0 Å². The Hall–Kier alpha value is -2.57. The van der Waals surface area contributed by atoms with Crippen LogP contribution in [0.25, 0.3) is 11.1 Å². The van der Waals surface area contributed by atoms with Crippen molar-refractivity contribution in [1.29, 1.82) is 0 Å². The van der Waals surface area contributed by atoms with Gasteiger partial charge in [-0.2, -0.15) is 0 Å². The van der Waals surface area contributed by atoms with E-state index in [4.69, 9.17) is 21.4 Å². The van der Waals surface area contributed by atoms with Crippen molar-refractivity contribution in [3.8, 4) is 11.1 Å². The highest BCUT2D eigenvalue weighted by atomic mass is 35.5. The predicted molar refractivity (Wildman–Crippen MR) is 112 cm³/mol. The smallest absolute Gasteiger partial charge is 0.407 e. The Morgan fingerprint density at radius 2 is 1.76 bits per heavy atom. The molecule has 2 aromatic rings. The molecule has 0 aromatic heterocycles. The second-order valence-corrected chi connectivity index (χ2v) is 8.28. The lowest BCUT2D eigenvalue weighted by atomic mass is 9.98. The summed E-state index contributed by atoms with van der Waals surface area (Å²) in [6.45, 7) is 5.22. The molecule has 0 spiro atoms. The highest BCUT2D eigenvalue weighted by Crippen LogP contribution is 2.23. The SMILES string of the molecule is CC(C)(C)OC(=O)NC(Cc1ccc(-c2cccc(Cl)c2)cc1)C[C@@H](O)C(=O)O. The quantitative estimate of drug-likeness (QED) is 0.622. The third-order valence-corrected chi connectivity index (χ3v) is 4.34. The van der Waals surface area contributed by atoms with Crippen molar-refractivity contribution in [1.82, 2.24) is 5.32 Å². The zero-order valence-electron chi connectivity index (χ0n) is 16.7. The van der Waals surface area contributed by atoms with Crippen molar-refractivity contribution in [2.24, 2.45) is 0 Å². The van der Waals surface area contributed by atoms with Crippen LogP contribution in [0.1, 0.15) is 32.8 Å². The van der Waals surface area contributed by atoms with E-state index in [1.165, 1.54) is 0 Å². The summed E-state index contributed by atoms with van der Waals surface area (Å²) in [4.78, 5) is 23.1. The van der Waals surface area contributed by atoms with E-state index in [2.05, 4.69) is 5.32 Å². The molecule has 0 aliphatic rings. The Labute approximate surface area is 175 Å². The maximum atomic E-state index is 12.1. The minimum Gasteiger partial charge on any atom is -0.479 e. The number of aliphatic hydroxyl groups excluding tert-OH is 1. The van der Waals surface area contributed by atoms with E-state index in [-0.39, 0.29) is 6.42 Å². The van der Waals surface area contributed by atoms with Crippen LogP contribution in [0.4, 0.5) is 4.79 Å². The lowest BCUT2D eigenvalue weighted by Crippen LogP contribution is -2.43. The minimum absolute atomic E-state index is 0.134. The lowest BCUT2D eigenvalue weighted by molar-refractivity contribution is -0.147. The van der Waals surface area contributed by atoms with Gasteiger partial charge < -0.3 is 20.3 Å². The number of amides is 1. The topological polar surface area (TPSA) is 95.9 Å². The highest BCUT2D eigenvalue weighted by molar-refractivity contribution is 6.30. The first-order valence-electron chi connectivity index (χ1n) is 9.29. The molecule has 29 heavy (non-hydrogen) atoms. The van der Waals surface area contributed by atoms with Crippen LogP contribution in [0.3, 0.4) is 0 Å². The monoisotopic (exact) mass is 419 g/mol. The number of hydrogen-bond donors (Lipinski definition) is 3. The van der Waals surface area contributed by atoms with E-state index < -0.39 is 29.8 Å². The van der Waals surface area contributed by atoms with Gasteiger partial charge in [-0.05, 0) is 56.0 Å². The first-order valence-corrected chi connectivity index (χ1v) is 9.66. The van der Waals surface area contributed by atoms with Crippen LogP contribution in [0.2, 0.25) is 5.02 Å². The van der Waals surface area contributed by atoms with E-state index in [1.807, 2.05) is 42.5 Å². The van der Waals surface area contributed by atoms with E-state index in [9.17, 15) is 14.7 Å². The Morgan fingerprint density at radius 1 is 1.10 bits per heavy atom. The molecule has 0 saturated carbocycles. The number of carbonyl (C=O) groups excluding carboxylic acids is 1. The molecule has 2 rings (SSSR count). The van der Waals surface area contributed by atoms with Crippen molar-refractivity contribution >= 4 is 23.7 Å². The average molecular weight is 420 g/mol. The first-order chi connectivity index (χ1) is 13.5. The fraction of sp³-hybridized carbons (Fsp3) is 0.364. The van der Waals surface area contributed by atoms with E-state index in [0.29, 0.717) is 11.4 Å². The van der Waals surface area contributed by atoms with Crippen LogP contribution in [0.15, 0.2) is 48.5 Å². The second-order valence-electron chi connectivity index (χ2n) is 7.84. The lowest BCUT2D eigenvalue weighted by Gasteiger charge is -2.24. The Bertz CT molecular complexity index is 845. The number of halogens is 1. The van der Waals surface area contributed by atoms with Gasteiger partial charge in [0.05, 0.1) is 0 Å². The summed E-state index contributed by atoms with van der Waals surface area (Å²) in [5.74, 6) is -1.34. The summed E-state index contributed by atoms with van der Waals surface area (Å²) in [6, 6.07) is 14.6. The van der Waals surface area contributed by atoms with Gasteiger partial charge in [0.15, 0.2) is 6.10 Å². The molecule has 0 aliphatic carbocycles. The molecule has 0 radical (unpaired) electrons. The van der Waals surface area contributed by atoms with Gasteiger partial charge >= 0.3 is 12.1 Å². The number of alkyl carbamates (subject to hydrolysis) is 1. The number of benzene rings is 2. The molecular formula is C22H26ClNO5. The standard InChI is InChI=1S/C22H26ClNO5/c1-22(2,3)29-21(28)24-18(13-19(25)20(26)27)11-14-7-9-15(10-8-14)16-5-4-6-17(23)12-16/h4-10,12,18-19,25H,11,13H2,1-3H3,(H,24,28)(H,26,27)/t18?,19-/m1/s1. The van der Waals surface area contributed by atoms with Crippen LogP contribution in [0, 0.1) is 0 Å². The van der Waals surface area contributed by atoms with Gasteiger partial charge in [0.1, 0.15) is 5.60 Å².